The van der Waals surface area contributed by atoms with Gasteiger partial charge in [-0.3, -0.25) is 14.2 Å². The quantitative estimate of drug-likeness (QED) is 0.257. The van der Waals surface area contributed by atoms with E-state index in [4.69, 9.17) is 4.74 Å². The number of carboxylic acid groups (broad SMARTS) is 1. The van der Waals surface area contributed by atoms with E-state index in [0.29, 0.717) is 5.56 Å². The van der Waals surface area contributed by atoms with Crippen molar-refractivity contribution in [2.45, 2.75) is 71.3 Å². The molecule has 2 rings (SSSR count). The van der Waals surface area contributed by atoms with Crippen LogP contribution < -0.4 is 10.6 Å². The van der Waals surface area contributed by atoms with Gasteiger partial charge in [0.25, 0.3) is 0 Å². The highest BCUT2D eigenvalue weighted by Crippen LogP contribution is 2.48. The maximum atomic E-state index is 13.8. The smallest absolute Gasteiger partial charge is 0.408 e. The average molecular weight is 561 g/mol. The molecule has 4 atom stereocenters. The van der Waals surface area contributed by atoms with Crippen LogP contribution in [0.4, 0.5) is 4.79 Å². The number of amides is 2. The second kappa shape index (κ2) is 14.3. The van der Waals surface area contributed by atoms with Gasteiger partial charge in [0.1, 0.15) is 17.4 Å². The number of benzene rings is 2. The van der Waals surface area contributed by atoms with Crippen molar-refractivity contribution in [3.8, 4) is 0 Å². The number of carbonyl (C=O) groups excluding carboxylic acids is 2. The molecule has 0 heterocycles. The molecule has 0 fully saturated rings. The molecule has 2 amide bonds. The van der Waals surface area contributed by atoms with Crippen LogP contribution in [0, 0.1) is 11.8 Å². The predicted octanol–water partition coefficient (Wildman–Crippen LogP) is 4.82. The lowest BCUT2D eigenvalue weighted by Gasteiger charge is -2.29. The first-order valence-corrected chi connectivity index (χ1v) is 15.0. The van der Waals surface area contributed by atoms with E-state index in [2.05, 4.69) is 10.6 Å². The third-order valence-electron chi connectivity index (χ3n) is 5.94. The largest absolute Gasteiger partial charge is 0.481 e. The summed E-state index contributed by atoms with van der Waals surface area (Å²) in [7, 11) is -4.27. The maximum absolute atomic E-state index is 13.8. The molecule has 0 aliphatic heterocycles. The number of carboxylic acids is 1. The molecule has 0 aromatic heterocycles. The summed E-state index contributed by atoms with van der Waals surface area (Å²) in [6.07, 6.45) is -0.945. The summed E-state index contributed by atoms with van der Waals surface area (Å²) in [6.45, 7) is 8.88. The van der Waals surface area contributed by atoms with Crippen molar-refractivity contribution < 1.29 is 33.7 Å². The summed E-state index contributed by atoms with van der Waals surface area (Å²) >= 11 is 0. The molecule has 39 heavy (non-hydrogen) atoms. The summed E-state index contributed by atoms with van der Waals surface area (Å²) in [4.78, 5) is 49.2. The predicted molar refractivity (Wildman–Crippen MR) is 151 cm³/mol. The molecule has 4 N–H and O–H groups in total. The second-order valence-corrected chi connectivity index (χ2v) is 13.7. The lowest BCUT2D eigenvalue weighted by Crippen LogP contribution is -2.51. The van der Waals surface area contributed by atoms with Gasteiger partial charge in [0.15, 0.2) is 0 Å². The van der Waals surface area contributed by atoms with Gasteiger partial charge in [0.05, 0.1) is 5.92 Å². The van der Waals surface area contributed by atoms with Crippen molar-refractivity contribution in [2.24, 2.45) is 11.8 Å². The lowest BCUT2D eigenvalue weighted by molar-refractivity contribution is -0.141. The SMILES string of the molecule is CC(C)C[C@H](NC(=O)OC(C)(C)C)C(=O)N[C@H](Cc1ccccc1)P(=O)(O)C[C@@H](Cc1ccccc1)C(=O)O. The molecular weight excluding hydrogens is 519 g/mol. The molecule has 0 aliphatic carbocycles. The highest BCUT2D eigenvalue weighted by Gasteiger charge is 2.38. The van der Waals surface area contributed by atoms with Crippen LogP contribution in [0.25, 0.3) is 0 Å². The van der Waals surface area contributed by atoms with E-state index in [1.54, 1.807) is 81.4 Å². The molecule has 10 heteroatoms. The first-order valence-electron chi connectivity index (χ1n) is 13.1. The third kappa shape index (κ3) is 11.6. The topological polar surface area (TPSA) is 142 Å². The van der Waals surface area contributed by atoms with Gasteiger partial charge in [-0.25, -0.2) is 4.79 Å². The number of rotatable bonds is 13. The van der Waals surface area contributed by atoms with Crippen molar-refractivity contribution >= 4 is 25.3 Å². The molecule has 0 spiro atoms. The minimum Gasteiger partial charge on any atom is -0.481 e. The lowest BCUT2D eigenvalue weighted by atomic mass is 10.0. The number of hydrogen-bond acceptors (Lipinski definition) is 5. The van der Waals surface area contributed by atoms with E-state index >= 15 is 0 Å². The molecule has 0 aliphatic rings. The molecule has 0 saturated heterocycles. The first kappa shape index (κ1) is 32.1. The van der Waals surface area contributed by atoms with E-state index in [0.717, 1.165) is 5.56 Å². The van der Waals surface area contributed by atoms with Gasteiger partial charge in [-0.15, -0.1) is 0 Å². The monoisotopic (exact) mass is 560 g/mol. The molecule has 0 radical (unpaired) electrons. The average Bonchev–Trinajstić information content (AvgIpc) is 2.82. The summed E-state index contributed by atoms with van der Waals surface area (Å²) in [5, 5.41) is 15.1. The number of carbonyl (C=O) groups is 3. The molecule has 9 nitrogen and oxygen atoms in total. The maximum Gasteiger partial charge on any atom is 0.408 e. The number of alkyl carbamates (subject to hydrolysis) is 1. The first-order chi connectivity index (χ1) is 18.2. The fraction of sp³-hybridized carbons (Fsp3) is 0.483. The molecule has 1 unspecified atom stereocenters. The second-order valence-electron chi connectivity index (χ2n) is 11.2. The van der Waals surface area contributed by atoms with Gasteiger partial charge in [-0.1, -0.05) is 74.5 Å². The molecule has 214 valence electrons. The molecule has 2 aromatic carbocycles. The van der Waals surface area contributed by atoms with E-state index < -0.39 is 54.8 Å². The van der Waals surface area contributed by atoms with Gasteiger partial charge >= 0.3 is 12.1 Å². The standard InChI is InChI=1S/C29H41N2O7P/c1-20(2)16-24(30-28(35)38-29(3,4)5)26(32)31-25(18-22-14-10-7-11-15-22)39(36,37)19-23(27(33)34)17-21-12-8-6-9-13-21/h6-15,20,23-25H,16-19H2,1-5H3,(H,30,35)(H,31,32)(H,33,34)(H,36,37)/t23-,24+,25+/m1/s1. The zero-order valence-electron chi connectivity index (χ0n) is 23.3. The van der Waals surface area contributed by atoms with Crippen molar-refractivity contribution in [2.75, 3.05) is 6.16 Å². The minimum absolute atomic E-state index is 0.0128. The summed E-state index contributed by atoms with van der Waals surface area (Å²) in [6, 6.07) is 16.8. The number of aliphatic carboxylic acids is 1. The summed E-state index contributed by atoms with van der Waals surface area (Å²) in [5.41, 5.74) is 0.657. The van der Waals surface area contributed by atoms with Crippen molar-refractivity contribution in [1.82, 2.24) is 10.6 Å². The Kier molecular flexibility index (Phi) is 11.7. The van der Waals surface area contributed by atoms with E-state index in [1.165, 1.54) is 0 Å². The zero-order chi connectivity index (χ0) is 29.2. The fourth-order valence-corrected chi connectivity index (χ4v) is 6.12. The van der Waals surface area contributed by atoms with Gasteiger partial charge in [-0.2, -0.15) is 0 Å². The van der Waals surface area contributed by atoms with E-state index in [9.17, 15) is 28.9 Å². The Balaban J connectivity index is 2.32. The third-order valence-corrected chi connectivity index (χ3v) is 8.19. The Morgan fingerprint density at radius 3 is 1.87 bits per heavy atom. The Hall–Kier alpha value is -3.16. The van der Waals surface area contributed by atoms with Crippen molar-refractivity contribution in [3.63, 3.8) is 0 Å². The van der Waals surface area contributed by atoms with Crippen LogP contribution in [0.15, 0.2) is 60.7 Å². The molecule has 0 saturated carbocycles. The highest BCUT2D eigenvalue weighted by atomic mass is 31.2. The van der Waals surface area contributed by atoms with Crippen LogP contribution in [0.2, 0.25) is 0 Å². The van der Waals surface area contributed by atoms with Crippen LogP contribution in [0.3, 0.4) is 0 Å². The molecule has 2 aromatic rings. The van der Waals surface area contributed by atoms with Gasteiger partial charge in [0, 0.05) is 12.6 Å². The van der Waals surface area contributed by atoms with Gasteiger partial charge in [0.2, 0.25) is 13.3 Å². The Labute approximate surface area is 230 Å². The Bertz CT molecular complexity index is 1130. The number of ether oxygens (including phenoxy) is 1. The Morgan fingerprint density at radius 1 is 0.897 bits per heavy atom. The van der Waals surface area contributed by atoms with Crippen molar-refractivity contribution in [1.29, 1.82) is 0 Å². The van der Waals surface area contributed by atoms with Crippen LogP contribution in [-0.2, 0) is 31.7 Å². The zero-order valence-corrected chi connectivity index (χ0v) is 24.2. The van der Waals surface area contributed by atoms with Gasteiger partial charge in [-0.05, 0) is 50.7 Å². The van der Waals surface area contributed by atoms with Crippen LogP contribution in [0.1, 0.15) is 52.2 Å². The highest BCUT2D eigenvalue weighted by molar-refractivity contribution is 7.58. The normalized spacial score (nSPS) is 15.5. The molecular formula is C29H41N2O7P. The van der Waals surface area contributed by atoms with Crippen LogP contribution in [0.5, 0.6) is 0 Å². The van der Waals surface area contributed by atoms with E-state index in [-0.39, 0.29) is 25.2 Å². The number of hydrogen-bond donors (Lipinski definition) is 4. The summed E-state index contributed by atoms with van der Waals surface area (Å²) in [5.74, 6) is -4.21. The summed E-state index contributed by atoms with van der Waals surface area (Å²) < 4.78 is 19.1. The molecule has 0 bridgehead atoms. The minimum atomic E-state index is -4.27. The van der Waals surface area contributed by atoms with Crippen molar-refractivity contribution in [3.05, 3.63) is 71.8 Å². The number of nitrogens with one attached hydrogen (secondary N) is 2. The van der Waals surface area contributed by atoms with Crippen LogP contribution in [-0.4, -0.2) is 51.6 Å². The van der Waals surface area contributed by atoms with E-state index in [1.807, 2.05) is 13.8 Å². The Morgan fingerprint density at radius 2 is 1.41 bits per heavy atom. The fourth-order valence-electron chi connectivity index (χ4n) is 4.12. The van der Waals surface area contributed by atoms with Gasteiger partial charge < -0.3 is 25.4 Å². The van der Waals surface area contributed by atoms with Crippen LogP contribution >= 0.6 is 7.37 Å².